The highest BCUT2D eigenvalue weighted by Crippen LogP contribution is 2.17. The minimum atomic E-state index is 0.763. The van der Waals surface area contributed by atoms with Crippen LogP contribution < -0.4 is 9.64 Å². The average Bonchev–Trinajstić information content (AvgIpc) is 2.03. The van der Waals surface area contributed by atoms with Crippen molar-refractivity contribution in [2.45, 2.75) is 0 Å². The van der Waals surface area contributed by atoms with Gasteiger partial charge in [0, 0.05) is 4.47 Å². The highest BCUT2D eigenvalue weighted by molar-refractivity contribution is 9.10. The van der Waals surface area contributed by atoms with Crippen LogP contribution in [0, 0.1) is 0 Å². The first kappa shape index (κ1) is 10.5. The van der Waals surface area contributed by atoms with E-state index in [-0.39, 0.29) is 0 Å². The van der Waals surface area contributed by atoms with Gasteiger partial charge in [0.15, 0.2) is 0 Å². The van der Waals surface area contributed by atoms with Gasteiger partial charge in [-0.1, -0.05) is 22.0 Å². The smallest absolute Gasteiger partial charge is 0.137 e. The van der Waals surface area contributed by atoms with Gasteiger partial charge in [0.25, 0.3) is 0 Å². The number of likely N-dealkylation sites (N-methyl/N-ethyl adjacent to an activating group) is 1. The predicted octanol–water partition coefficient (Wildman–Crippen LogP) is 0.972. The molecule has 0 spiro atoms. The van der Waals surface area contributed by atoms with Crippen LogP contribution in [0.3, 0.4) is 0 Å². The van der Waals surface area contributed by atoms with Gasteiger partial charge >= 0.3 is 0 Å². The Bertz CT molecular complexity index is 263. The monoisotopic (exact) mass is 244 g/mol. The van der Waals surface area contributed by atoms with E-state index in [2.05, 4.69) is 30.0 Å². The lowest BCUT2D eigenvalue weighted by molar-refractivity contribution is -0.858. The second kappa shape index (κ2) is 5.25. The summed E-state index contributed by atoms with van der Waals surface area (Å²) >= 11 is 3.40. The third-order valence-corrected chi connectivity index (χ3v) is 2.16. The second-order valence-corrected chi connectivity index (χ2v) is 4.18. The van der Waals surface area contributed by atoms with E-state index in [0.29, 0.717) is 0 Å². The van der Waals surface area contributed by atoms with Crippen molar-refractivity contribution >= 4 is 15.9 Å². The Kier molecular flexibility index (Phi) is 4.25. The Balaban J connectivity index is 2.37. The molecule has 0 radical (unpaired) electrons. The lowest BCUT2D eigenvalue weighted by Gasteiger charge is -2.08. The van der Waals surface area contributed by atoms with Gasteiger partial charge in [-0.15, -0.1) is 0 Å². The van der Waals surface area contributed by atoms with Crippen molar-refractivity contribution < 1.29 is 9.64 Å². The number of quaternary nitrogens is 1. The van der Waals surface area contributed by atoms with Gasteiger partial charge in [-0.3, -0.25) is 0 Å². The maximum atomic E-state index is 5.55. The van der Waals surface area contributed by atoms with E-state index in [9.17, 15) is 0 Å². The zero-order valence-electron chi connectivity index (χ0n) is 8.01. The molecule has 0 bridgehead atoms. The standard InChI is InChI=1S/C10H14BrNO/c1-12(2)6-7-13-10-5-3-4-9(11)8-10/h3-5,8H,6-7H2,1-2H3/p+1. The number of benzene rings is 1. The van der Waals surface area contributed by atoms with Crippen LogP contribution in [0.4, 0.5) is 0 Å². The molecule has 0 fully saturated rings. The van der Waals surface area contributed by atoms with Crippen LogP contribution in [0.25, 0.3) is 0 Å². The van der Waals surface area contributed by atoms with Crippen molar-refractivity contribution in [3.8, 4) is 5.75 Å². The number of ether oxygens (including phenoxy) is 1. The molecule has 1 N–H and O–H groups in total. The molecular formula is C10H15BrNO+. The Morgan fingerprint density at radius 1 is 1.38 bits per heavy atom. The van der Waals surface area contributed by atoms with Crippen LogP contribution in [-0.2, 0) is 0 Å². The molecule has 0 atom stereocenters. The summed E-state index contributed by atoms with van der Waals surface area (Å²) in [5.41, 5.74) is 0. The second-order valence-electron chi connectivity index (χ2n) is 3.26. The van der Waals surface area contributed by atoms with Gasteiger partial charge in [-0.05, 0) is 18.2 Å². The summed E-state index contributed by atoms with van der Waals surface area (Å²) in [6.45, 7) is 1.78. The molecule has 0 aliphatic carbocycles. The fraction of sp³-hybridized carbons (Fsp3) is 0.400. The number of nitrogens with one attached hydrogen (secondary N) is 1. The van der Waals surface area contributed by atoms with E-state index in [4.69, 9.17) is 4.74 Å². The van der Waals surface area contributed by atoms with E-state index in [1.54, 1.807) is 0 Å². The Morgan fingerprint density at radius 2 is 2.15 bits per heavy atom. The zero-order valence-corrected chi connectivity index (χ0v) is 9.60. The number of hydrogen-bond donors (Lipinski definition) is 1. The lowest BCUT2D eigenvalue weighted by Crippen LogP contribution is -3.06. The molecule has 1 aromatic carbocycles. The summed E-state index contributed by atoms with van der Waals surface area (Å²) < 4.78 is 6.60. The SMILES string of the molecule is C[NH+](C)CCOc1cccc(Br)c1. The largest absolute Gasteiger partial charge is 0.488 e. The maximum Gasteiger partial charge on any atom is 0.137 e. The summed E-state index contributed by atoms with van der Waals surface area (Å²) in [5, 5.41) is 0. The molecule has 0 saturated heterocycles. The number of rotatable bonds is 4. The fourth-order valence-corrected chi connectivity index (χ4v) is 1.31. The van der Waals surface area contributed by atoms with Gasteiger partial charge in [-0.25, -0.2) is 0 Å². The van der Waals surface area contributed by atoms with Crippen molar-refractivity contribution in [1.29, 1.82) is 0 Å². The topological polar surface area (TPSA) is 13.7 Å². The van der Waals surface area contributed by atoms with Crippen molar-refractivity contribution in [2.75, 3.05) is 27.2 Å². The van der Waals surface area contributed by atoms with Gasteiger partial charge in [-0.2, -0.15) is 0 Å². The van der Waals surface area contributed by atoms with Crippen molar-refractivity contribution in [3.05, 3.63) is 28.7 Å². The van der Waals surface area contributed by atoms with Crippen LogP contribution in [0.5, 0.6) is 5.75 Å². The molecule has 0 saturated carbocycles. The van der Waals surface area contributed by atoms with Gasteiger partial charge in [0.2, 0.25) is 0 Å². The fourth-order valence-electron chi connectivity index (χ4n) is 0.930. The molecule has 13 heavy (non-hydrogen) atoms. The molecule has 0 aliphatic rings. The quantitative estimate of drug-likeness (QED) is 0.834. The molecule has 0 unspecified atom stereocenters. The number of hydrogen-bond acceptors (Lipinski definition) is 1. The van der Waals surface area contributed by atoms with E-state index in [1.165, 1.54) is 4.90 Å². The Hall–Kier alpha value is -0.540. The number of halogens is 1. The molecule has 0 amide bonds. The zero-order chi connectivity index (χ0) is 9.68. The molecule has 0 heterocycles. The van der Waals surface area contributed by atoms with Crippen LogP contribution in [-0.4, -0.2) is 27.2 Å². The minimum Gasteiger partial charge on any atom is -0.488 e. The molecule has 2 nitrogen and oxygen atoms in total. The van der Waals surface area contributed by atoms with E-state index >= 15 is 0 Å². The summed E-state index contributed by atoms with van der Waals surface area (Å²) in [4.78, 5) is 1.40. The third-order valence-electron chi connectivity index (χ3n) is 1.67. The highest BCUT2D eigenvalue weighted by Gasteiger charge is 1.96. The Labute approximate surface area is 87.6 Å². The first-order chi connectivity index (χ1) is 6.18. The predicted molar refractivity (Wildman–Crippen MR) is 57.3 cm³/mol. The van der Waals surface area contributed by atoms with Gasteiger partial charge < -0.3 is 9.64 Å². The van der Waals surface area contributed by atoms with Crippen LogP contribution in [0.15, 0.2) is 28.7 Å². The first-order valence-corrected chi connectivity index (χ1v) is 5.15. The molecule has 0 aromatic heterocycles. The molecule has 3 heteroatoms. The van der Waals surface area contributed by atoms with Gasteiger partial charge in [0.05, 0.1) is 14.1 Å². The van der Waals surface area contributed by atoms with E-state index in [1.807, 2.05) is 24.3 Å². The Morgan fingerprint density at radius 3 is 2.77 bits per heavy atom. The average molecular weight is 245 g/mol. The summed E-state index contributed by atoms with van der Waals surface area (Å²) in [6.07, 6.45) is 0. The molecule has 1 rings (SSSR count). The highest BCUT2D eigenvalue weighted by atomic mass is 79.9. The molecular weight excluding hydrogens is 230 g/mol. The van der Waals surface area contributed by atoms with Crippen molar-refractivity contribution in [3.63, 3.8) is 0 Å². The van der Waals surface area contributed by atoms with E-state index in [0.717, 1.165) is 23.4 Å². The van der Waals surface area contributed by atoms with E-state index < -0.39 is 0 Å². The minimum absolute atomic E-state index is 0.763. The third kappa shape index (κ3) is 4.29. The van der Waals surface area contributed by atoms with Crippen LogP contribution in [0.1, 0.15) is 0 Å². The molecule has 1 aromatic rings. The van der Waals surface area contributed by atoms with Crippen LogP contribution >= 0.6 is 15.9 Å². The normalized spacial score (nSPS) is 10.5. The van der Waals surface area contributed by atoms with Crippen molar-refractivity contribution in [1.82, 2.24) is 0 Å². The summed E-state index contributed by atoms with van der Waals surface area (Å²) in [5.74, 6) is 0.927. The molecule has 72 valence electrons. The maximum absolute atomic E-state index is 5.55. The van der Waals surface area contributed by atoms with Gasteiger partial charge in [0.1, 0.15) is 18.9 Å². The summed E-state index contributed by atoms with van der Waals surface area (Å²) in [7, 11) is 4.23. The lowest BCUT2D eigenvalue weighted by atomic mass is 10.3. The van der Waals surface area contributed by atoms with Crippen LogP contribution in [0.2, 0.25) is 0 Å². The summed E-state index contributed by atoms with van der Waals surface area (Å²) in [6, 6.07) is 7.91. The molecule has 0 aliphatic heterocycles. The first-order valence-electron chi connectivity index (χ1n) is 4.36. The van der Waals surface area contributed by atoms with Crippen molar-refractivity contribution in [2.24, 2.45) is 0 Å².